The quantitative estimate of drug-likeness (QED) is 0.575. The molecule has 0 saturated heterocycles. The van der Waals surface area contributed by atoms with Gasteiger partial charge in [0.25, 0.3) is 0 Å². The molecule has 1 unspecified atom stereocenters. The Morgan fingerprint density at radius 3 is 2.85 bits per heavy atom. The van der Waals surface area contributed by atoms with Gasteiger partial charge in [0.1, 0.15) is 5.82 Å². The Morgan fingerprint density at radius 2 is 2.05 bits per heavy atom. The highest BCUT2D eigenvalue weighted by molar-refractivity contribution is 9.09. The highest BCUT2D eigenvalue weighted by atomic mass is 79.9. The fourth-order valence-electron chi connectivity index (χ4n) is 2.17. The number of thiazole rings is 1. The van der Waals surface area contributed by atoms with E-state index >= 15 is 0 Å². The topological polar surface area (TPSA) is 12.9 Å². The molecule has 102 valence electrons. The first-order chi connectivity index (χ1) is 9.63. The first kappa shape index (κ1) is 13.7. The molecule has 0 aliphatic carbocycles. The smallest absolute Gasteiger partial charge is 0.127 e. The minimum absolute atomic E-state index is 0.0528. The summed E-state index contributed by atoms with van der Waals surface area (Å²) in [4.78, 5) is 4.54. The summed E-state index contributed by atoms with van der Waals surface area (Å²) in [6, 6.07) is 13.3. The average Bonchev–Trinajstić information content (AvgIpc) is 2.83. The molecule has 20 heavy (non-hydrogen) atoms. The highest BCUT2D eigenvalue weighted by Crippen LogP contribution is 2.32. The molecule has 1 atom stereocenters. The van der Waals surface area contributed by atoms with Crippen molar-refractivity contribution >= 4 is 37.5 Å². The number of para-hydroxylation sites is 1. The van der Waals surface area contributed by atoms with Gasteiger partial charge in [-0.25, -0.2) is 9.37 Å². The second-order valence-corrected chi connectivity index (χ2v) is 6.99. The van der Waals surface area contributed by atoms with Gasteiger partial charge in [-0.15, -0.1) is 11.3 Å². The Kier molecular flexibility index (Phi) is 3.85. The van der Waals surface area contributed by atoms with E-state index in [2.05, 4.69) is 27.0 Å². The Hall–Kier alpha value is -1.26. The number of hydrogen-bond donors (Lipinski definition) is 0. The van der Waals surface area contributed by atoms with Crippen molar-refractivity contribution in [2.75, 3.05) is 0 Å². The van der Waals surface area contributed by atoms with E-state index in [9.17, 15) is 4.39 Å². The van der Waals surface area contributed by atoms with Crippen LogP contribution in [0.1, 0.15) is 21.0 Å². The van der Waals surface area contributed by atoms with Crippen LogP contribution in [0.5, 0.6) is 0 Å². The predicted octanol–water partition coefficient (Wildman–Crippen LogP) is 5.42. The van der Waals surface area contributed by atoms with E-state index in [1.807, 2.05) is 31.2 Å². The van der Waals surface area contributed by atoms with Gasteiger partial charge in [0.05, 0.1) is 15.2 Å². The van der Waals surface area contributed by atoms with Crippen molar-refractivity contribution < 1.29 is 4.39 Å². The van der Waals surface area contributed by atoms with Crippen LogP contribution in [0.3, 0.4) is 0 Å². The number of benzene rings is 2. The number of rotatable bonds is 3. The first-order valence-electron chi connectivity index (χ1n) is 6.38. The lowest BCUT2D eigenvalue weighted by molar-refractivity contribution is 0.607. The van der Waals surface area contributed by atoms with Crippen molar-refractivity contribution in [1.29, 1.82) is 0 Å². The molecule has 3 rings (SSSR count). The summed E-state index contributed by atoms with van der Waals surface area (Å²) in [6.45, 7) is 1.97. The second-order valence-electron chi connectivity index (χ2n) is 4.77. The van der Waals surface area contributed by atoms with Crippen LogP contribution in [0.2, 0.25) is 0 Å². The summed E-state index contributed by atoms with van der Waals surface area (Å²) in [5.74, 6) is -0.168. The SMILES string of the molecule is Cc1ccc(F)c(C(Br)Cc2nc3ccccc3s2)c1. The number of fused-ring (bicyclic) bond motifs is 1. The molecule has 0 bridgehead atoms. The van der Waals surface area contributed by atoms with E-state index < -0.39 is 0 Å². The molecule has 0 N–H and O–H groups in total. The van der Waals surface area contributed by atoms with E-state index in [4.69, 9.17) is 0 Å². The van der Waals surface area contributed by atoms with Gasteiger partial charge in [-0.1, -0.05) is 45.8 Å². The summed E-state index contributed by atoms with van der Waals surface area (Å²) in [5.41, 5.74) is 2.77. The highest BCUT2D eigenvalue weighted by Gasteiger charge is 2.15. The normalized spacial score (nSPS) is 12.8. The molecular formula is C16H13BrFNS. The number of aromatic nitrogens is 1. The second kappa shape index (κ2) is 5.62. The van der Waals surface area contributed by atoms with Gasteiger partial charge in [0.15, 0.2) is 0 Å². The molecule has 1 aromatic heterocycles. The zero-order valence-electron chi connectivity index (χ0n) is 10.9. The van der Waals surface area contributed by atoms with E-state index in [0.717, 1.165) is 16.1 Å². The summed E-state index contributed by atoms with van der Waals surface area (Å²) in [5, 5.41) is 1.02. The van der Waals surface area contributed by atoms with Crippen LogP contribution < -0.4 is 0 Å². The van der Waals surface area contributed by atoms with Crippen LogP contribution >= 0.6 is 27.3 Å². The Labute approximate surface area is 129 Å². The van der Waals surface area contributed by atoms with Gasteiger partial charge in [-0.05, 0) is 25.1 Å². The van der Waals surface area contributed by atoms with Crippen LogP contribution in [-0.2, 0) is 6.42 Å². The zero-order chi connectivity index (χ0) is 14.1. The number of nitrogens with zero attached hydrogens (tertiary/aromatic N) is 1. The molecule has 1 heterocycles. The fourth-order valence-corrected chi connectivity index (χ4v) is 4.06. The predicted molar refractivity (Wildman–Crippen MR) is 86.1 cm³/mol. The third-order valence-electron chi connectivity index (χ3n) is 3.18. The monoisotopic (exact) mass is 349 g/mol. The van der Waals surface area contributed by atoms with Crippen LogP contribution in [-0.4, -0.2) is 4.98 Å². The Balaban J connectivity index is 1.88. The molecular weight excluding hydrogens is 337 g/mol. The molecule has 0 aliphatic heterocycles. The lowest BCUT2D eigenvalue weighted by Gasteiger charge is -2.10. The molecule has 3 aromatic rings. The third kappa shape index (κ3) is 2.76. The van der Waals surface area contributed by atoms with Gasteiger partial charge in [0.2, 0.25) is 0 Å². The maximum atomic E-state index is 13.9. The maximum absolute atomic E-state index is 13.9. The minimum Gasteiger partial charge on any atom is -0.241 e. The molecule has 0 spiro atoms. The lowest BCUT2D eigenvalue weighted by Crippen LogP contribution is -1.99. The standard InChI is InChI=1S/C16H13BrFNS/c1-10-6-7-13(18)11(8-10)12(17)9-16-19-14-4-2-3-5-15(14)20-16/h2-8,12H,9H2,1H3. The molecule has 0 amide bonds. The molecule has 4 heteroatoms. The summed E-state index contributed by atoms with van der Waals surface area (Å²) >= 11 is 5.26. The number of hydrogen-bond acceptors (Lipinski definition) is 2. The van der Waals surface area contributed by atoms with Gasteiger partial charge in [0, 0.05) is 16.8 Å². The van der Waals surface area contributed by atoms with Crippen LogP contribution in [0.15, 0.2) is 42.5 Å². The van der Waals surface area contributed by atoms with Crippen molar-refractivity contribution in [2.45, 2.75) is 18.2 Å². The fraction of sp³-hybridized carbons (Fsp3) is 0.188. The van der Waals surface area contributed by atoms with Crippen molar-refractivity contribution in [1.82, 2.24) is 4.98 Å². The van der Waals surface area contributed by atoms with Crippen LogP contribution in [0.25, 0.3) is 10.2 Å². The lowest BCUT2D eigenvalue weighted by atomic mass is 10.1. The number of halogens is 2. The molecule has 0 aliphatic rings. The van der Waals surface area contributed by atoms with E-state index in [1.54, 1.807) is 17.4 Å². The molecule has 0 fully saturated rings. The van der Waals surface area contributed by atoms with E-state index in [0.29, 0.717) is 12.0 Å². The van der Waals surface area contributed by atoms with E-state index in [1.165, 1.54) is 10.8 Å². The summed E-state index contributed by atoms with van der Waals surface area (Å²) in [6.07, 6.45) is 0.694. The van der Waals surface area contributed by atoms with Crippen molar-refractivity contribution in [2.24, 2.45) is 0 Å². The Morgan fingerprint density at radius 1 is 1.25 bits per heavy atom. The molecule has 2 aromatic carbocycles. The van der Waals surface area contributed by atoms with Crippen LogP contribution in [0, 0.1) is 12.7 Å². The molecule has 0 saturated carbocycles. The van der Waals surface area contributed by atoms with Gasteiger partial charge in [-0.3, -0.25) is 0 Å². The third-order valence-corrected chi connectivity index (χ3v) is 5.06. The largest absolute Gasteiger partial charge is 0.241 e. The van der Waals surface area contributed by atoms with E-state index in [-0.39, 0.29) is 10.6 Å². The van der Waals surface area contributed by atoms with Gasteiger partial charge in [-0.2, -0.15) is 0 Å². The maximum Gasteiger partial charge on any atom is 0.127 e. The van der Waals surface area contributed by atoms with Gasteiger partial charge >= 0.3 is 0 Å². The number of alkyl halides is 1. The molecule has 1 nitrogen and oxygen atoms in total. The average molecular weight is 350 g/mol. The Bertz CT molecular complexity index is 720. The minimum atomic E-state index is -0.168. The van der Waals surface area contributed by atoms with Crippen molar-refractivity contribution in [3.05, 3.63) is 64.4 Å². The van der Waals surface area contributed by atoms with Crippen molar-refractivity contribution in [3.8, 4) is 0 Å². The summed E-state index contributed by atoms with van der Waals surface area (Å²) in [7, 11) is 0. The van der Waals surface area contributed by atoms with Gasteiger partial charge < -0.3 is 0 Å². The summed E-state index contributed by atoms with van der Waals surface area (Å²) < 4.78 is 15.1. The number of aryl methyl sites for hydroxylation is 1. The van der Waals surface area contributed by atoms with Crippen molar-refractivity contribution in [3.63, 3.8) is 0 Å². The first-order valence-corrected chi connectivity index (χ1v) is 8.11. The molecule has 0 radical (unpaired) electrons. The van der Waals surface area contributed by atoms with Crippen LogP contribution in [0.4, 0.5) is 4.39 Å². The zero-order valence-corrected chi connectivity index (χ0v) is 13.3.